The normalized spacial score (nSPS) is 15.3. The van der Waals surface area contributed by atoms with Crippen LogP contribution in [0.2, 0.25) is 0 Å². The summed E-state index contributed by atoms with van der Waals surface area (Å²) in [6, 6.07) is 24.0. The van der Waals surface area contributed by atoms with Crippen molar-refractivity contribution >= 4 is 21.6 Å². The van der Waals surface area contributed by atoms with Gasteiger partial charge in [-0.2, -0.15) is 4.31 Å². The van der Waals surface area contributed by atoms with Crippen LogP contribution in [0.4, 0.5) is 5.69 Å². The maximum Gasteiger partial charge on any atom is 0.255 e. The Labute approximate surface area is 195 Å². The maximum absolute atomic E-state index is 12.8. The van der Waals surface area contributed by atoms with E-state index in [4.69, 9.17) is 0 Å². The van der Waals surface area contributed by atoms with Gasteiger partial charge in [-0.05, 0) is 47.9 Å². The zero-order valence-electron chi connectivity index (χ0n) is 18.8. The third-order valence-corrected chi connectivity index (χ3v) is 7.87. The highest BCUT2D eigenvalue weighted by Gasteiger charge is 2.28. The predicted octanol–water partition coefficient (Wildman–Crippen LogP) is 4.01. The van der Waals surface area contributed by atoms with Crippen LogP contribution in [0.25, 0.3) is 0 Å². The molecule has 172 valence electrons. The quantitative estimate of drug-likeness (QED) is 0.575. The summed E-state index contributed by atoms with van der Waals surface area (Å²) in [4.78, 5) is 15.4. The molecule has 0 bridgehead atoms. The number of amides is 1. The molecule has 0 unspecified atom stereocenters. The molecule has 0 atom stereocenters. The maximum atomic E-state index is 12.8. The molecule has 3 aromatic carbocycles. The van der Waals surface area contributed by atoms with Crippen LogP contribution in [0.15, 0.2) is 83.8 Å². The van der Waals surface area contributed by atoms with E-state index in [0.717, 1.165) is 23.2 Å². The number of sulfonamides is 1. The zero-order valence-corrected chi connectivity index (χ0v) is 19.6. The summed E-state index contributed by atoms with van der Waals surface area (Å²) in [5, 5.41) is 3.02. The monoisotopic (exact) mass is 463 g/mol. The molecule has 0 spiro atoms. The summed E-state index contributed by atoms with van der Waals surface area (Å²) in [7, 11) is -3.46. The van der Waals surface area contributed by atoms with E-state index in [1.54, 1.807) is 28.6 Å². The standard InChI is InChI=1S/C26H29N3O3S/c1-2-22-10-6-7-14-25(22)27-26(30)23-11-8-9-21(19-23)20-28-15-17-29(18-16-28)33(31,32)24-12-4-3-5-13-24/h3-14,19H,2,15-18,20H2,1H3,(H,27,30). The Hall–Kier alpha value is -3.00. The Bertz CT molecular complexity index is 1200. The smallest absolute Gasteiger partial charge is 0.255 e. The van der Waals surface area contributed by atoms with Gasteiger partial charge in [-0.1, -0.05) is 55.5 Å². The van der Waals surface area contributed by atoms with E-state index in [0.29, 0.717) is 43.2 Å². The van der Waals surface area contributed by atoms with Gasteiger partial charge >= 0.3 is 0 Å². The molecule has 1 saturated heterocycles. The Morgan fingerprint density at radius 3 is 2.30 bits per heavy atom. The number of carbonyl (C=O) groups excluding carboxylic acids is 1. The van der Waals surface area contributed by atoms with Crippen molar-refractivity contribution in [3.63, 3.8) is 0 Å². The number of nitrogens with one attached hydrogen (secondary N) is 1. The van der Waals surface area contributed by atoms with E-state index in [1.807, 2.05) is 54.6 Å². The highest BCUT2D eigenvalue weighted by molar-refractivity contribution is 7.89. The van der Waals surface area contributed by atoms with Crippen molar-refractivity contribution in [1.82, 2.24) is 9.21 Å². The highest BCUT2D eigenvalue weighted by atomic mass is 32.2. The molecule has 1 amide bonds. The molecule has 1 N–H and O–H groups in total. The number of benzene rings is 3. The van der Waals surface area contributed by atoms with Crippen LogP contribution in [-0.4, -0.2) is 49.7 Å². The van der Waals surface area contributed by atoms with E-state index in [-0.39, 0.29) is 5.91 Å². The number of para-hydroxylation sites is 1. The Kier molecular flexibility index (Phi) is 7.23. The fourth-order valence-electron chi connectivity index (χ4n) is 4.08. The summed E-state index contributed by atoms with van der Waals surface area (Å²) in [5.41, 5.74) is 3.59. The summed E-state index contributed by atoms with van der Waals surface area (Å²) >= 11 is 0. The summed E-state index contributed by atoms with van der Waals surface area (Å²) in [5.74, 6) is -0.128. The molecular formula is C26H29N3O3S. The van der Waals surface area contributed by atoms with E-state index in [9.17, 15) is 13.2 Å². The number of aryl methyl sites for hydroxylation is 1. The average Bonchev–Trinajstić information content (AvgIpc) is 2.85. The Balaban J connectivity index is 1.37. The van der Waals surface area contributed by atoms with Crippen LogP contribution in [0.3, 0.4) is 0 Å². The van der Waals surface area contributed by atoms with Crippen molar-refractivity contribution in [2.45, 2.75) is 24.8 Å². The molecule has 1 heterocycles. The van der Waals surface area contributed by atoms with Gasteiger partial charge in [0.15, 0.2) is 0 Å². The molecule has 1 fully saturated rings. The lowest BCUT2D eigenvalue weighted by molar-refractivity contribution is 0.102. The molecule has 1 aliphatic rings. The van der Waals surface area contributed by atoms with E-state index >= 15 is 0 Å². The molecule has 0 aliphatic carbocycles. The first kappa shape index (κ1) is 23.2. The van der Waals surface area contributed by atoms with Crippen LogP contribution < -0.4 is 5.32 Å². The summed E-state index contributed by atoms with van der Waals surface area (Å²) in [6.45, 7) is 4.93. The minimum atomic E-state index is -3.46. The molecule has 0 saturated carbocycles. The number of piperazine rings is 1. The van der Waals surface area contributed by atoms with Gasteiger partial charge in [0.05, 0.1) is 4.90 Å². The van der Waals surface area contributed by atoms with Crippen molar-refractivity contribution in [3.8, 4) is 0 Å². The van der Waals surface area contributed by atoms with Crippen molar-refractivity contribution < 1.29 is 13.2 Å². The first-order chi connectivity index (χ1) is 16.0. The number of anilines is 1. The zero-order chi connectivity index (χ0) is 23.3. The molecule has 0 aromatic heterocycles. The molecule has 1 aliphatic heterocycles. The van der Waals surface area contributed by atoms with Crippen LogP contribution in [0.5, 0.6) is 0 Å². The minimum Gasteiger partial charge on any atom is -0.322 e. The van der Waals surface area contributed by atoms with Crippen LogP contribution in [0, 0.1) is 0 Å². The fraction of sp³-hybridized carbons (Fsp3) is 0.269. The van der Waals surface area contributed by atoms with Gasteiger partial charge in [-0.25, -0.2) is 8.42 Å². The topological polar surface area (TPSA) is 69.7 Å². The van der Waals surface area contributed by atoms with Gasteiger partial charge in [0.2, 0.25) is 10.0 Å². The Morgan fingerprint density at radius 2 is 1.58 bits per heavy atom. The SMILES string of the molecule is CCc1ccccc1NC(=O)c1cccc(CN2CCN(S(=O)(=O)c3ccccc3)CC2)c1. The molecule has 7 heteroatoms. The largest absolute Gasteiger partial charge is 0.322 e. The van der Waals surface area contributed by atoms with E-state index in [1.165, 1.54) is 0 Å². The first-order valence-electron chi connectivity index (χ1n) is 11.2. The van der Waals surface area contributed by atoms with Gasteiger partial charge in [0.1, 0.15) is 0 Å². The van der Waals surface area contributed by atoms with Crippen molar-refractivity contribution in [3.05, 3.63) is 95.6 Å². The minimum absolute atomic E-state index is 0.128. The van der Waals surface area contributed by atoms with Gasteiger partial charge in [0, 0.05) is 44.0 Å². The van der Waals surface area contributed by atoms with E-state index in [2.05, 4.69) is 17.1 Å². The van der Waals surface area contributed by atoms with Crippen LogP contribution in [-0.2, 0) is 23.0 Å². The lowest BCUT2D eigenvalue weighted by Gasteiger charge is -2.34. The number of hydrogen-bond acceptors (Lipinski definition) is 4. The number of nitrogens with zero attached hydrogens (tertiary/aromatic N) is 2. The predicted molar refractivity (Wildman–Crippen MR) is 131 cm³/mol. The highest BCUT2D eigenvalue weighted by Crippen LogP contribution is 2.20. The summed E-state index contributed by atoms with van der Waals surface area (Å²) in [6.07, 6.45) is 0.850. The molecular weight excluding hydrogens is 434 g/mol. The first-order valence-corrected chi connectivity index (χ1v) is 12.7. The van der Waals surface area contributed by atoms with Gasteiger partial charge < -0.3 is 5.32 Å². The lowest BCUT2D eigenvalue weighted by atomic mass is 10.1. The number of carbonyl (C=O) groups is 1. The van der Waals surface area contributed by atoms with Crippen LogP contribution >= 0.6 is 0 Å². The summed E-state index contributed by atoms with van der Waals surface area (Å²) < 4.78 is 27.2. The van der Waals surface area contributed by atoms with Gasteiger partial charge in [-0.3, -0.25) is 9.69 Å². The van der Waals surface area contributed by atoms with E-state index < -0.39 is 10.0 Å². The van der Waals surface area contributed by atoms with Crippen molar-refractivity contribution in [2.75, 3.05) is 31.5 Å². The molecule has 6 nitrogen and oxygen atoms in total. The van der Waals surface area contributed by atoms with Gasteiger partial charge in [-0.15, -0.1) is 0 Å². The second-order valence-corrected chi connectivity index (χ2v) is 10.1. The second kappa shape index (κ2) is 10.3. The Morgan fingerprint density at radius 1 is 0.879 bits per heavy atom. The van der Waals surface area contributed by atoms with Crippen LogP contribution in [0.1, 0.15) is 28.4 Å². The third kappa shape index (κ3) is 5.50. The average molecular weight is 464 g/mol. The fourth-order valence-corrected chi connectivity index (χ4v) is 5.53. The van der Waals surface area contributed by atoms with Gasteiger partial charge in [0.25, 0.3) is 5.91 Å². The van der Waals surface area contributed by atoms with Crippen molar-refractivity contribution in [1.29, 1.82) is 0 Å². The molecule has 0 radical (unpaired) electrons. The third-order valence-electron chi connectivity index (χ3n) is 5.95. The molecule has 4 rings (SSSR count). The second-order valence-electron chi connectivity index (χ2n) is 8.16. The number of rotatable bonds is 7. The lowest BCUT2D eigenvalue weighted by Crippen LogP contribution is -2.48. The molecule has 33 heavy (non-hydrogen) atoms. The molecule has 3 aromatic rings. The van der Waals surface area contributed by atoms with Crippen molar-refractivity contribution in [2.24, 2.45) is 0 Å². The number of hydrogen-bond donors (Lipinski definition) is 1.